The topological polar surface area (TPSA) is 69.7 Å². The predicted octanol–water partition coefficient (Wildman–Crippen LogP) is 5.35. The Labute approximate surface area is 187 Å². The van der Waals surface area contributed by atoms with E-state index in [9.17, 15) is 0 Å². The lowest BCUT2D eigenvalue weighted by Crippen LogP contribution is -2.30. The van der Waals surface area contributed by atoms with Crippen LogP contribution in [0.25, 0.3) is 10.9 Å². The summed E-state index contributed by atoms with van der Waals surface area (Å²) in [5.41, 5.74) is 5.00. The number of fused-ring (bicyclic) bond motifs is 1. The maximum absolute atomic E-state index is 4.92. The van der Waals surface area contributed by atoms with Crippen LogP contribution in [0.3, 0.4) is 0 Å². The Morgan fingerprint density at radius 3 is 2.66 bits per heavy atom. The maximum Gasteiger partial charge on any atom is 0.228 e. The molecule has 0 spiro atoms. The van der Waals surface area contributed by atoms with E-state index < -0.39 is 0 Å². The minimum Gasteiger partial charge on any atom is -0.337 e. The van der Waals surface area contributed by atoms with E-state index in [0.717, 1.165) is 54.4 Å². The van der Waals surface area contributed by atoms with Gasteiger partial charge in [-0.1, -0.05) is 54.1 Å². The predicted molar refractivity (Wildman–Crippen MR) is 128 cm³/mol. The number of hydrogen-bond donors (Lipinski definition) is 2. The fraction of sp³-hybridized carbons (Fsp3) is 0.269. The molecule has 4 aromatic rings. The molecule has 0 saturated heterocycles. The summed E-state index contributed by atoms with van der Waals surface area (Å²) < 4.78 is 0. The Bertz CT molecular complexity index is 1270. The number of rotatable bonds is 6. The third kappa shape index (κ3) is 3.96. The first kappa shape index (κ1) is 19.0. The standard InChI is InChI=1S/C26H26N6/c1-2-6-18(7-3-1)16-19-12-14-32(15-13-19)26-27-22-9-5-4-8-21(22)25(29-26)28-24-17-23(30-31-24)20-10-11-20/h1-9,12,17,20H,10-11,13-16H2,(H2,27,28,29,30,31). The van der Waals surface area contributed by atoms with Crippen LogP contribution in [0, 0.1) is 0 Å². The molecular weight excluding hydrogens is 396 g/mol. The molecule has 160 valence electrons. The van der Waals surface area contributed by atoms with Crippen LogP contribution in [0.1, 0.15) is 36.4 Å². The minimum absolute atomic E-state index is 0.640. The molecule has 0 bridgehead atoms. The molecule has 0 radical (unpaired) electrons. The molecule has 1 saturated carbocycles. The molecule has 0 amide bonds. The van der Waals surface area contributed by atoms with Gasteiger partial charge in [-0.05, 0) is 43.4 Å². The van der Waals surface area contributed by atoms with E-state index in [1.165, 1.54) is 29.7 Å². The first-order chi connectivity index (χ1) is 15.8. The van der Waals surface area contributed by atoms with Crippen molar-refractivity contribution in [1.29, 1.82) is 0 Å². The summed E-state index contributed by atoms with van der Waals surface area (Å²) in [5, 5.41) is 12.1. The fourth-order valence-corrected chi connectivity index (χ4v) is 4.34. The number of benzene rings is 2. The van der Waals surface area contributed by atoms with Gasteiger partial charge in [0.15, 0.2) is 5.82 Å². The average molecular weight is 423 g/mol. The number of aromatic amines is 1. The van der Waals surface area contributed by atoms with Crippen LogP contribution in [-0.2, 0) is 6.42 Å². The SMILES string of the molecule is C1=C(Cc2ccccc2)CCN(c2nc(Nc3cc(C4CC4)[nH]n3)c3ccccc3n2)C1. The third-order valence-corrected chi connectivity index (χ3v) is 6.31. The molecule has 0 atom stereocenters. The van der Waals surface area contributed by atoms with E-state index >= 15 is 0 Å². The summed E-state index contributed by atoms with van der Waals surface area (Å²) in [7, 11) is 0. The highest BCUT2D eigenvalue weighted by Gasteiger charge is 2.25. The molecule has 6 heteroatoms. The van der Waals surface area contributed by atoms with Crippen molar-refractivity contribution in [2.75, 3.05) is 23.3 Å². The highest BCUT2D eigenvalue weighted by atomic mass is 15.3. The van der Waals surface area contributed by atoms with Gasteiger partial charge in [-0.2, -0.15) is 10.1 Å². The highest BCUT2D eigenvalue weighted by molar-refractivity contribution is 5.91. The minimum atomic E-state index is 0.640. The van der Waals surface area contributed by atoms with Crippen LogP contribution in [0.5, 0.6) is 0 Å². The van der Waals surface area contributed by atoms with Crippen molar-refractivity contribution >= 4 is 28.5 Å². The Balaban J connectivity index is 1.25. The number of nitrogens with one attached hydrogen (secondary N) is 2. The maximum atomic E-state index is 4.92. The van der Waals surface area contributed by atoms with Crippen molar-refractivity contribution < 1.29 is 0 Å². The van der Waals surface area contributed by atoms with Gasteiger partial charge in [-0.15, -0.1) is 0 Å². The Morgan fingerprint density at radius 2 is 1.84 bits per heavy atom. The molecule has 1 aliphatic carbocycles. The lowest BCUT2D eigenvalue weighted by atomic mass is 10.00. The Kier molecular flexibility index (Phi) is 4.83. The highest BCUT2D eigenvalue weighted by Crippen LogP contribution is 2.40. The molecule has 1 aliphatic heterocycles. The van der Waals surface area contributed by atoms with E-state index in [1.54, 1.807) is 0 Å². The summed E-state index contributed by atoms with van der Waals surface area (Å²) in [5.74, 6) is 3.02. The van der Waals surface area contributed by atoms with E-state index in [1.807, 2.05) is 18.2 Å². The first-order valence-corrected chi connectivity index (χ1v) is 11.4. The van der Waals surface area contributed by atoms with E-state index in [2.05, 4.69) is 69.0 Å². The number of anilines is 3. The normalized spacial score (nSPS) is 16.2. The molecule has 2 aliphatic rings. The second-order valence-electron chi connectivity index (χ2n) is 8.72. The molecule has 2 aromatic heterocycles. The number of H-pyrrole nitrogens is 1. The quantitative estimate of drug-likeness (QED) is 0.410. The zero-order valence-corrected chi connectivity index (χ0v) is 18.0. The van der Waals surface area contributed by atoms with Crippen molar-refractivity contribution in [2.24, 2.45) is 0 Å². The van der Waals surface area contributed by atoms with Gasteiger partial charge in [-0.3, -0.25) is 5.10 Å². The lowest BCUT2D eigenvalue weighted by Gasteiger charge is -2.27. The van der Waals surface area contributed by atoms with Gasteiger partial charge in [-0.25, -0.2) is 4.98 Å². The van der Waals surface area contributed by atoms with Crippen LogP contribution in [-0.4, -0.2) is 33.3 Å². The second kappa shape index (κ2) is 8.11. The average Bonchev–Trinajstić information content (AvgIpc) is 3.59. The van der Waals surface area contributed by atoms with E-state index in [-0.39, 0.29) is 0 Å². The summed E-state index contributed by atoms with van der Waals surface area (Å²) in [6, 6.07) is 20.9. The van der Waals surface area contributed by atoms with Gasteiger partial charge in [0.25, 0.3) is 0 Å². The lowest BCUT2D eigenvalue weighted by molar-refractivity contribution is 0.748. The van der Waals surface area contributed by atoms with Crippen molar-refractivity contribution in [2.45, 2.75) is 31.6 Å². The molecular formula is C26H26N6. The smallest absolute Gasteiger partial charge is 0.228 e. The van der Waals surface area contributed by atoms with Crippen LogP contribution < -0.4 is 10.2 Å². The number of aromatic nitrogens is 4. The molecule has 32 heavy (non-hydrogen) atoms. The summed E-state index contributed by atoms with van der Waals surface area (Å²) in [6.07, 6.45) is 6.87. The van der Waals surface area contributed by atoms with Crippen molar-refractivity contribution in [1.82, 2.24) is 20.2 Å². The van der Waals surface area contributed by atoms with Crippen molar-refractivity contribution in [3.63, 3.8) is 0 Å². The second-order valence-corrected chi connectivity index (χ2v) is 8.72. The van der Waals surface area contributed by atoms with Gasteiger partial charge in [0.2, 0.25) is 5.95 Å². The molecule has 6 nitrogen and oxygen atoms in total. The van der Waals surface area contributed by atoms with Gasteiger partial charge in [0.05, 0.1) is 5.52 Å². The van der Waals surface area contributed by atoms with Crippen LogP contribution >= 0.6 is 0 Å². The van der Waals surface area contributed by atoms with Gasteiger partial charge < -0.3 is 10.2 Å². The zero-order valence-electron chi connectivity index (χ0n) is 18.0. The molecule has 3 heterocycles. The molecule has 1 fully saturated rings. The fourth-order valence-electron chi connectivity index (χ4n) is 4.34. The number of para-hydroxylation sites is 1. The molecule has 6 rings (SSSR count). The third-order valence-electron chi connectivity index (χ3n) is 6.31. The van der Waals surface area contributed by atoms with Gasteiger partial charge in [0.1, 0.15) is 5.82 Å². The zero-order chi connectivity index (χ0) is 21.3. The van der Waals surface area contributed by atoms with Crippen LogP contribution in [0.2, 0.25) is 0 Å². The van der Waals surface area contributed by atoms with Gasteiger partial charge in [0, 0.05) is 36.2 Å². The van der Waals surface area contributed by atoms with Crippen LogP contribution in [0.4, 0.5) is 17.6 Å². The summed E-state index contributed by atoms with van der Waals surface area (Å²) in [4.78, 5) is 12.0. The van der Waals surface area contributed by atoms with Crippen molar-refractivity contribution in [3.8, 4) is 0 Å². The number of nitrogens with zero attached hydrogens (tertiary/aromatic N) is 4. The van der Waals surface area contributed by atoms with Crippen molar-refractivity contribution in [3.05, 3.63) is 83.6 Å². The molecule has 2 aromatic carbocycles. The van der Waals surface area contributed by atoms with Crippen LogP contribution in [0.15, 0.2) is 72.3 Å². The Hall–Kier alpha value is -3.67. The largest absolute Gasteiger partial charge is 0.337 e. The van der Waals surface area contributed by atoms with Gasteiger partial charge >= 0.3 is 0 Å². The van der Waals surface area contributed by atoms with E-state index in [4.69, 9.17) is 9.97 Å². The first-order valence-electron chi connectivity index (χ1n) is 11.4. The Morgan fingerprint density at radius 1 is 1.00 bits per heavy atom. The number of hydrogen-bond acceptors (Lipinski definition) is 5. The molecule has 0 unspecified atom stereocenters. The summed E-state index contributed by atoms with van der Waals surface area (Å²) in [6.45, 7) is 1.75. The van der Waals surface area contributed by atoms with E-state index in [0.29, 0.717) is 5.92 Å². The molecule has 2 N–H and O–H groups in total. The summed E-state index contributed by atoms with van der Waals surface area (Å²) >= 11 is 0. The monoisotopic (exact) mass is 422 g/mol.